The van der Waals surface area contributed by atoms with Gasteiger partial charge in [-0.2, -0.15) is 13.2 Å². The fourth-order valence-electron chi connectivity index (χ4n) is 0.992. The maximum atomic E-state index is 12.4. The van der Waals surface area contributed by atoms with Gasteiger partial charge in [0.25, 0.3) is 0 Å². The SMILES string of the molecule is C=CC1=CCC(Br)(C(F)(F)F)C=C1. The highest BCUT2D eigenvalue weighted by molar-refractivity contribution is 9.10. The lowest BCUT2D eigenvalue weighted by Gasteiger charge is -2.27. The Bertz CT molecular complexity index is 275. The van der Waals surface area contributed by atoms with E-state index in [0.717, 1.165) is 11.6 Å². The second-order valence-corrected chi connectivity index (χ2v) is 4.22. The van der Waals surface area contributed by atoms with Crippen LogP contribution in [0.5, 0.6) is 0 Å². The molecule has 0 aliphatic heterocycles. The molecular formula is C9H8BrF3. The van der Waals surface area contributed by atoms with Gasteiger partial charge in [-0.25, -0.2) is 0 Å². The molecule has 0 aromatic heterocycles. The molecule has 0 bridgehead atoms. The lowest BCUT2D eigenvalue weighted by Crippen LogP contribution is -2.37. The van der Waals surface area contributed by atoms with Gasteiger partial charge in [-0.15, -0.1) is 0 Å². The maximum Gasteiger partial charge on any atom is 0.407 e. The number of allylic oxidation sites excluding steroid dienone is 5. The first-order chi connectivity index (χ1) is 5.89. The van der Waals surface area contributed by atoms with E-state index in [9.17, 15) is 13.2 Å². The molecule has 0 aromatic carbocycles. The quantitative estimate of drug-likeness (QED) is 0.624. The van der Waals surface area contributed by atoms with Gasteiger partial charge in [-0.1, -0.05) is 46.8 Å². The van der Waals surface area contributed by atoms with Gasteiger partial charge in [0.15, 0.2) is 0 Å². The molecule has 0 aromatic rings. The minimum Gasteiger partial charge on any atom is -0.169 e. The Labute approximate surface area is 82.9 Å². The number of hydrogen-bond acceptors (Lipinski definition) is 0. The summed E-state index contributed by atoms with van der Waals surface area (Å²) < 4.78 is 35.3. The zero-order valence-corrected chi connectivity index (χ0v) is 8.32. The van der Waals surface area contributed by atoms with E-state index in [1.54, 1.807) is 0 Å². The molecule has 1 aliphatic rings. The van der Waals surface area contributed by atoms with Crippen LogP contribution < -0.4 is 0 Å². The van der Waals surface area contributed by atoms with E-state index in [4.69, 9.17) is 0 Å². The lowest BCUT2D eigenvalue weighted by atomic mass is 9.96. The van der Waals surface area contributed by atoms with Crippen molar-refractivity contribution in [3.63, 3.8) is 0 Å². The first-order valence-corrected chi connectivity index (χ1v) is 4.46. The summed E-state index contributed by atoms with van der Waals surface area (Å²) >= 11 is 2.68. The molecular weight excluding hydrogens is 245 g/mol. The zero-order valence-electron chi connectivity index (χ0n) is 6.74. The van der Waals surface area contributed by atoms with Crippen molar-refractivity contribution in [1.82, 2.24) is 0 Å². The Morgan fingerprint density at radius 1 is 1.54 bits per heavy atom. The van der Waals surface area contributed by atoms with Crippen molar-refractivity contribution in [2.45, 2.75) is 16.9 Å². The first-order valence-electron chi connectivity index (χ1n) is 3.66. The van der Waals surface area contributed by atoms with Gasteiger partial charge in [0, 0.05) is 0 Å². The summed E-state index contributed by atoms with van der Waals surface area (Å²) in [4.78, 5) is 0. The second-order valence-electron chi connectivity index (χ2n) is 2.81. The van der Waals surface area contributed by atoms with E-state index >= 15 is 0 Å². The fourth-order valence-corrected chi connectivity index (χ4v) is 1.29. The summed E-state index contributed by atoms with van der Waals surface area (Å²) in [5.41, 5.74) is 0.722. The molecule has 1 aliphatic carbocycles. The van der Waals surface area contributed by atoms with Crippen LogP contribution in [0.1, 0.15) is 6.42 Å². The number of alkyl halides is 4. The maximum absolute atomic E-state index is 12.4. The molecule has 72 valence electrons. The Hall–Kier alpha value is -0.510. The number of halogens is 4. The third kappa shape index (κ3) is 2.05. The summed E-state index contributed by atoms with van der Waals surface area (Å²) in [5, 5.41) is 0. The van der Waals surface area contributed by atoms with Crippen LogP contribution >= 0.6 is 15.9 Å². The van der Waals surface area contributed by atoms with Gasteiger partial charge in [-0.05, 0) is 12.0 Å². The van der Waals surface area contributed by atoms with Crippen LogP contribution in [0.4, 0.5) is 13.2 Å². The van der Waals surface area contributed by atoms with Crippen LogP contribution in [0.3, 0.4) is 0 Å². The number of rotatable bonds is 1. The Morgan fingerprint density at radius 2 is 2.15 bits per heavy atom. The molecule has 0 spiro atoms. The van der Waals surface area contributed by atoms with Crippen molar-refractivity contribution in [1.29, 1.82) is 0 Å². The van der Waals surface area contributed by atoms with E-state index in [1.165, 1.54) is 18.2 Å². The van der Waals surface area contributed by atoms with Gasteiger partial charge >= 0.3 is 6.18 Å². The molecule has 13 heavy (non-hydrogen) atoms. The molecule has 0 saturated heterocycles. The van der Waals surface area contributed by atoms with Gasteiger partial charge in [-0.3, -0.25) is 0 Å². The molecule has 4 heteroatoms. The van der Waals surface area contributed by atoms with Crippen LogP contribution in [-0.4, -0.2) is 10.5 Å². The molecule has 0 fully saturated rings. The first kappa shape index (κ1) is 10.6. The molecule has 0 N–H and O–H groups in total. The summed E-state index contributed by atoms with van der Waals surface area (Å²) in [5.74, 6) is 0. The van der Waals surface area contributed by atoms with E-state index in [0.29, 0.717) is 0 Å². The standard InChI is InChI=1S/C9H8BrF3/c1-2-7-3-5-8(10,6-4-7)9(11,12)13/h2-5H,1,6H2. The van der Waals surface area contributed by atoms with Crippen LogP contribution in [-0.2, 0) is 0 Å². The van der Waals surface area contributed by atoms with E-state index in [-0.39, 0.29) is 6.42 Å². The Morgan fingerprint density at radius 3 is 2.46 bits per heavy atom. The minimum absolute atomic E-state index is 0.0889. The molecule has 1 rings (SSSR count). The average Bonchev–Trinajstić information content (AvgIpc) is 2.04. The van der Waals surface area contributed by atoms with Crippen molar-refractivity contribution in [3.05, 3.63) is 36.5 Å². The van der Waals surface area contributed by atoms with Gasteiger partial charge in [0.2, 0.25) is 0 Å². The average molecular weight is 253 g/mol. The molecule has 0 saturated carbocycles. The third-order valence-electron chi connectivity index (χ3n) is 1.88. The summed E-state index contributed by atoms with van der Waals surface area (Å²) in [6.07, 6.45) is 1.22. The summed E-state index contributed by atoms with van der Waals surface area (Å²) in [6, 6.07) is 0. The molecule has 1 unspecified atom stereocenters. The summed E-state index contributed by atoms with van der Waals surface area (Å²) in [7, 11) is 0. The van der Waals surface area contributed by atoms with Crippen molar-refractivity contribution in [2.24, 2.45) is 0 Å². The van der Waals surface area contributed by atoms with Crippen LogP contribution in [0.25, 0.3) is 0 Å². The van der Waals surface area contributed by atoms with Crippen molar-refractivity contribution in [2.75, 3.05) is 0 Å². The topological polar surface area (TPSA) is 0 Å². The van der Waals surface area contributed by atoms with Crippen LogP contribution in [0.2, 0.25) is 0 Å². The highest BCUT2D eigenvalue weighted by Gasteiger charge is 2.51. The van der Waals surface area contributed by atoms with E-state index in [2.05, 4.69) is 22.5 Å². The van der Waals surface area contributed by atoms with Crippen molar-refractivity contribution in [3.8, 4) is 0 Å². The second kappa shape index (κ2) is 3.33. The third-order valence-corrected chi connectivity index (χ3v) is 2.92. The Kier molecular flexibility index (Phi) is 2.71. The summed E-state index contributed by atoms with van der Waals surface area (Å²) in [6.45, 7) is 3.48. The molecule has 1 atom stereocenters. The normalized spacial score (nSPS) is 28.5. The highest BCUT2D eigenvalue weighted by atomic mass is 79.9. The number of hydrogen-bond donors (Lipinski definition) is 0. The molecule has 0 amide bonds. The zero-order chi connectivity index (χ0) is 10.1. The lowest BCUT2D eigenvalue weighted by molar-refractivity contribution is -0.145. The smallest absolute Gasteiger partial charge is 0.169 e. The van der Waals surface area contributed by atoms with Gasteiger partial charge in [0.1, 0.15) is 4.32 Å². The largest absolute Gasteiger partial charge is 0.407 e. The minimum atomic E-state index is -4.26. The monoisotopic (exact) mass is 252 g/mol. The molecule has 0 heterocycles. The van der Waals surface area contributed by atoms with Crippen LogP contribution in [0.15, 0.2) is 36.5 Å². The van der Waals surface area contributed by atoms with E-state index < -0.39 is 10.5 Å². The van der Waals surface area contributed by atoms with E-state index in [1.807, 2.05) is 0 Å². The van der Waals surface area contributed by atoms with Crippen LogP contribution in [0, 0.1) is 0 Å². The molecule has 0 nitrogen and oxygen atoms in total. The highest BCUT2D eigenvalue weighted by Crippen LogP contribution is 2.44. The fraction of sp³-hybridized carbons (Fsp3) is 0.333. The van der Waals surface area contributed by atoms with Gasteiger partial charge < -0.3 is 0 Å². The molecule has 0 radical (unpaired) electrons. The Balaban J connectivity index is 2.87. The predicted octanol–water partition coefficient (Wildman–Crippen LogP) is 3.75. The van der Waals surface area contributed by atoms with Crippen molar-refractivity contribution >= 4 is 15.9 Å². The van der Waals surface area contributed by atoms with Gasteiger partial charge in [0.05, 0.1) is 0 Å². The predicted molar refractivity (Wildman–Crippen MR) is 49.8 cm³/mol. The van der Waals surface area contributed by atoms with Crippen molar-refractivity contribution < 1.29 is 13.2 Å².